The number of hydrogen-bond acceptors (Lipinski definition) is 3. The van der Waals surface area contributed by atoms with Crippen molar-refractivity contribution in [1.29, 1.82) is 0 Å². The summed E-state index contributed by atoms with van der Waals surface area (Å²) in [5.41, 5.74) is 6.19. The molecule has 4 nitrogen and oxygen atoms in total. The molecule has 2 atom stereocenters. The zero-order chi connectivity index (χ0) is 15.0. The molecule has 3 fully saturated rings. The van der Waals surface area contributed by atoms with Crippen LogP contribution in [0.3, 0.4) is 0 Å². The van der Waals surface area contributed by atoms with Crippen LogP contribution in [0.2, 0.25) is 0 Å². The monoisotopic (exact) mass is 293 g/mol. The summed E-state index contributed by atoms with van der Waals surface area (Å²) in [6.07, 6.45) is 6.87. The van der Waals surface area contributed by atoms with Crippen molar-refractivity contribution < 1.29 is 4.79 Å². The molecule has 0 aromatic rings. The number of piperidine rings is 1. The summed E-state index contributed by atoms with van der Waals surface area (Å²) in [6, 6.07) is 0.964. The van der Waals surface area contributed by atoms with Gasteiger partial charge in [0.25, 0.3) is 0 Å². The van der Waals surface area contributed by atoms with Gasteiger partial charge in [-0.15, -0.1) is 0 Å². The molecule has 1 amide bonds. The number of carbonyl (C=O) groups excluding carboxylic acids is 1. The van der Waals surface area contributed by atoms with Gasteiger partial charge in [0.15, 0.2) is 0 Å². The molecule has 2 N–H and O–H groups in total. The highest BCUT2D eigenvalue weighted by atomic mass is 16.2. The van der Waals surface area contributed by atoms with Gasteiger partial charge in [-0.1, -0.05) is 20.3 Å². The van der Waals surface area contributed by atoms with E-state index in [-0.39, 0.29) is 11.3 Å². The van der Waals surface area contributed by atoms with Gasteiger partial charge in [-0.2, -0.15) is 0 Å². The van der Waals surface area contributed by atoms with Crippen LogP contribution >= 0.6 is 0 Å². The lowest BCUT2D eigenvalue weighted by Crippen LogP contribution is -2.47. The number of carbonyl (C=O) groups is 1. The summed E-state index contributed by atoms with van der Waals surface area (Å²) in [5.74, 6) is 0.680. The number of amides is 1. The molecular weight excluding hydrogens is 262 g/mol. The Hall–Kier alpha value is -0.610. The fourth-order valence-electron chi connectivity index (χ4n) is 4.53. The number of nitrogens with two attached hydrogens (primary N) is 1. The van der Waals surface area contributed by atoms with E-state index in [1.165, 1.54) is 12.8 Å². The maximum absolute atomic E-state index is 12.8. The first-order valence-corrected chi connectivity index (χ1v) is 8.76. The highest BCUT2D eigenvalue weighted by Crippen LogP contribution is 2.43. The third kappa shape index (κ3) is 3.11. The van der Waals surface area contributed by atoms with E-state index in [1.807, 2.05) is 0 Å². The molecule has 4 heteroatoms. The maximum atomic E-state index is 12.8. The van der Waals surface area contributed by atoms with Crippen LogP contribution in [-0.4, -0.2) is 54.0 Å². The van der Waals surface area contributed by atoms with E-state index in [4.69, 9.17) is 5.73 Å². The Morgan fingerprint density at radius 2 is 1.81 bits per heavy atom. The van der Waals surface area contributed by atoms with Gasteiger partial charge in [0.05, 0.1) is 0 Å². The van der Waals surface area contributed by atoms with E-state index in [1.54, 1.807) is 0 Å². The number of likely N-dealkylation sites (tertiary alicyclic amines) is 2. The Morgan fingerprint density at radius 1 is 1.10 bits per heavy atom. The molecule has 1 saturated carbocycles. The summed E-state index contributed by atoms with van der Waals surface area (Å²) in [5, 5.41) is 0. The molecule has 2 heterocycles. The van der Waals surface area contributed by atoms with Crippen LogP contribution < -0.4 is 5.73 Å². The van der Waals surface area contributed by atoms with Gasteiger partial charge in [-0.05, 0) is 50.6 Å². The minimum absolute atomic E-state index is 0.201. The van der Waals surface area contributed by atoms with E-state index < -0.39 is 0 Å². The molecule has 3 aliphatic rings. The zero-order valence-electron chi connectivity index (χ0n) is 13.7. The summed E-state index contributed by atoms with van der Waals surface area (Å²) in [6.45, 7) is 8.66. The third-order valence-corrected chi connectivity index (χ3v) is 6.12. The Balaban J connectivity index is 1.56. The van der Waals surface area contributed by atoms with Crippen LogP contribution in [-0.2, 0) is 4.79 Å². The van der Waals surface area contributed by atoms with Gasteiger partial charge < -0.3 is 10.6 Å². The molecule has 120 valence electrons. The Morgan fingerprint density at radius 3 is 2.43 bits per heavy atom. The fourth-order valence-corrected chi connectivity index (χ4v) is 4.53. The molecule has 2 saturated heterocycles. The summed E-state index contributed by atoms with van der Waals surface area (Å²) < 4.78 is 0. The van der Waals surface area contributed by atoms with Crippen molar-refractivity contribution in [2.75, 3.05) is 26.2 Å². The molecule has 0 radical (unpaired) electrons. The van der Waals surface area contributed by atoms with Gasteiger partial charge in [0.2, 0.25) is 5.91 Å². The molecule has 0 aromatic carbocycles. The minimum Gasteiger partial charge on any atom is -0.341 e. The SMILES string of the molecule is CC1(C)CCCC1C(=O)N1CCC(N2CCC(N)CC2)C1. The lowest BCUT2D eigenvalue weighted by atomic mass is 9.81. The second kappa shape index (κ2) is 5.88. The minimum atomic E-state index is 0.201. The van der Waals surface area contributed by atoms with Gasteiger partial charge in [0, 0.05) is 31.1 Å². The number of nitrogens with zero attached hydrogens (tertiary/aromatic N) is 2. The molecule has 1 aliphatic carbocycles. The predicted octanol–water partition coefficient (Wildman–Crippen LogP) is 1.84. The standard InChI is InChI=1S/C17H31N3O/c1-17(2)8-3-4-15(17)16(21)20-11-7-14(12-20)19-9-5-13(18)6-10-19/h13-15H,3-12,18H2,1-2H3. The van der Waals surface area contributed by atoms with Crippen molar-refractivity contribution in [1.82, 2.24) is 9.80 Å². The van der Waals surface area contributed by atoms with Crippen molar-refractivity contribution in [2.45, 2.75) is 64.5 Å². The fraction of sp³-hybridized carbons (Fsp3) is 0.941. The average molecular weight is 293 g/mol. The van der Waals surface area contributed by atoms with Crippen molar-refractivity contribution in [2.24, 2.45) is 17.1 Å². The maximum Gasteiger partial charge on any atom is 0.226 e. The third-order valence-electron chi connectivity index (χ3n) is 6.12. The lowest BCUT2D eigenvalue weighted by molar-refractivity contribution is -0.137. The van der Waals surface area contributed by atoms with Crippen molar-refractivity contribution >= 4 is 5.91 Å². The lowest BCUT2D eigenvalue weighted by Gasteiger charge is -2.35. The van der Waals surface area contributed by atoms with Crippen LogP contribution in [0, 0.1) is 11.3 Å². The molecule has 0 bridgehead atoms. The summed E-state index contributed by atoms with van der Waals surface area (Å²) >= 11 is 0. The summed E-state index contributed by atoms with van der Waals surface area (Å²) in [7, 11) is 0. The normalized spacial score (nSPS) is 34.5. The smallest absolute Gasteiger partial charge is 0.226 e. The molecule has 0 aromatic heterocycles. The van der Waals surface area contributed by atoms with E-state index in [2.05, 4.69) is 23.6 Å². The zero-order valence-corrected chi connectivity index (χ0v) is 13.7. The highest BCUT2D eigenvalue weighted by molar-refractivity contribution is 5.80. The van der Waals surface area contributed by atoms with Crippen molar-refractivity contribution in [3.05, 3.63) is 0 Å². The van der Waals surface area contributed by atoms with E-state index in [9.17, 15) is 4.79 Å². The first-order valence-electron chi connectivity index (χ1n) is 8.76. The van der Waals surface area contributed by atoms with Gasteiger partial charge in [0.1, 0.15) is 0 Å². The number of hydrogen-bond donors (Lipinski definition) is 1. The van der Waals surface area contributed by atoms with Crippen LogP contribution in [0.5, 0.6) is 0 Å². The summed E-state index contributed by atoms with van der Waals surface area (Å²) in [4.78, 5) is 17.5. The van der Waals surface area contributed by atoms with E-state index in [0.29, 0.717) is 18.0 Å². The van der Waals surface area contributed by atoms with Gasteiger partial charge >= 0.3 is 0 Å². The Kier molecular flexibility index (Phi) is 4.28. The molecule has 3 rings (SSSR count). The van der Waals surface area contributed by atoms with Crippen LogP contribution in [0.15, 0.2) is 0 Å². The average Bonchev–Trinajstić information content (AvgIpc) is 3.05. The molecule has 21 heavy (non-hydrogen) atoms. The highest BCUT2D eigenvalue weighted by Gasteiger charge is 2.43. The first-order chi connectivity index (χ1) is 9.97. The predicted molar refractivity (Wildman–Crippen MR) is 84.9 cm³/mol. The van der Waals surface area contributed by atoms with Crippen molar-refractivity contribution in [3.63, 3.8) is 0 Å². The van der Waals surface area contributed by atoms with Crippen LogP contribution in [0.1, 0.15) is 52.4 Å². The second-order valence-corrected chi connectivity index (χ2v) is 8.03. The molecule has 2 aliphatic heterocycles. The molecule has 0 spiro atoms. The van der Waals surface area contributed by atoms with Gasteiger partial charge in [-0.3, -0.25) is 9.69 Å². The quantitative estimate of drug-likeness (QED) is 0.845. The van der Waals surface area contributed by atoms with Crippen LogP contribution in [0.4, 0.5) is 0 Å². The number of rotatable bonds is 2. The topological polar surface area (TPSA) is 49.6 Å². The largest absolute Gasteiger partial charge is 0.341 e. The van der Waals surface area contributed by atoms with E-state index >= 15 is 0 Å². The Labute approximate surface area is 129 Å². The first kappa shape index (κ1) is 15.3. The second-order valence-electron chi connectivity index (χ2n) is 8.03. The molecular formula is C17H31N3O. The van der Waals surface area contributed by atoms with Crippen LogP contribution in [0.25, 0.3) is 0 Å². The van der Waals surface area contributed by atoms with Crippen molar-refractivity contribution in [3.8, 4) is 0 Å². The van der Waals surface area contributed by atoms with E-state index in [0.717, 1.165) is 51.9 Å². The Bertz CT molecular complexity index is 387. The molecule has 2 unspecified atom stereocenters. The van der Waals surface area contributed by atoms with Gasteiger partial charge in [-0.25, -0.2) is 0 Å².